The van der Waals surface area contributed by atoms with Crippen LogP contribution in [0.2, 0.25) is 0 Å². The van der Waals surface area contributed by atoms with Crippen LogP contribution in [0.25, 0.3) is 0 Å². The number of carboxylic acids is 2. The van der Waals surface area contributed by atoms with Gasteiger partial charge in [0, 0.05) is 4.90 Å². The Kier molecular flexibility index (Phi) is 5.03. The third-order valence-electron chi connectivity index (χ3n) is 2.21. The maximum absolute atomic E-state index is 11.0. The van der Waals surface area contributed by atoms with Crippen LogP contribution < -0.4 is 0 Å². The van der Waals surface area contributed by atoms with Crippen molar-refractivity contribution in [3.05, 3.63) is 29.8 Å². The highest BCUT2D eigenvalue weighted by molar-refractivity contribution is 8.00. The molecule has 0 radical (unpaired) electrons. The van der Waals surface area contributed by atoms with E-state index in [4.69, 9.17) is 10.2 Å². The summed E-state index contributed by atoms with van der Waals surface area (Å²) in [7, 11) is 0. The fourth-order valence-corrected chi connectivity index (χ4v) is 2.59. The first kappa shape index (κ1) is 13.6. The summed E-state index contributed by atoms with van der Waals surface area (Å²) >= 11 is 1.10. The fourth-order valence-electron chi connectivity index (χ4n) is 1.39. The Morgan fingerprint density at radius 3 is 2.47 bits per heavy atom. The maximum Gasteiger partial charge on any atom is 0.336 e. The predicted octanol–water partition coefficient (Wildman–Crippen LogP) is 2.73. The zero-order chi connectivity index (χ0) is 12.8. The van der Waals surface area contributed by atoms with Crippen LogP contribution in [-0.2, 0) is 4.79 Å². The Labute approximate surface area is 104 Å². The quantitative estimate of drug-likeness (QED) is 0.763. The molecule has 0 aliphatic rings. The summed E-state index contributed by atoms with van der Waals surface area (Å²) in [5.74, 6) is -1.94. The second-order valence-corrected chi connectivity index (χ2v) is 4.78. The number of carbonyl (C=O) groups is 2. The molecule has 1 aromatic carbocycles. The molecule has 1 rings (SSSR count). The van der Waals surface area contributed by atoms with Crippen LogP contribution in [0.4, 0.5) is 0 Å². The molecule has 0 heterocycles. The summed E-state index contributed by atoms with van der Waals surface area (Å²) in [5, 5.41) is 17.4. The van der Waals surface area contributed by atoms with E-state index in [1.54, 1.807) is 18.2 Å². The van der Waals surface area contributed by atoms with Gasteiger partial charge < -0.3 is 10.2 Å². The van der Waals surface area contributed by atoms with Gasteiger partial charge in [-0.1, -0.05) is 25.5 Å². The van der Waals surface area contributed by atoms with E-state index < -0.39 is 17.2 Å². The van der Waals surface area contributed by atoms with Gasteiger partial charge in [0.25, 0.3) is 0 Å². The highest BCUT2D eigenvalue weighted by Crippen LogP contribution is 2.29. The van der Waals surface area contributed by atoms with Crippen molar-refractivity contribution in [1.82, 2.24) is 0 Å². The molecular weight excluding hydrogens is 240 g/mol. The van der Waals surface area contributed by atoms with Crippen LogP contribution in [0.15, 0.2) is 29.2 Å². The first-order chi connectivity index (χ1) is 8.06. The van der Waals surface area contributed by atoms with Crippen molar-refractivity contribution in [2.45, 2.75) is 29.9 Å². The summed E-state index contributed by atoms with van der Waals surface area (Å²) < 4.78 is 0. The minimum atomic E-state index is -1.03. The summed E-state index contributed by atoms with van der Waals surface area (Å²) in [6.07, 6.45) is 1.27. The Balaban J connectivity index is 2.92. The molecule has 17 heavy (non-hydrogen) atoms. The monoisotopic (exact) mass is 254 g/mol. The normalized spacial score (nSPS) is 12.1. The van der Waals surface area contributed by atoms with Crippen molar-refractivity contribution in [3.8, 4) is 0 Å². The number of benzene rings is 1. The molecule has 0 fully saturated rings. The largest absolute Gasteiger partial charge is 0.480 e. The fraction of sp³-hybridized carbons (Fsp3) is 0.333. The number of aliphatic carboxylic acids is 1. The van der Waals surface area contributed by atoms with E-state index in [2.05, 4.69) is 0 Å². The number of hydrogen-bond donors (Lipinski definition) is 2. The van der Waals surface area contributed by atoms with E-state index in [1.165, 1.54) is 6.07 Å². The average molecular weight is 254 g/mol. The van der Waals surface area contributed by atoms with Crippen molar-refractivity contribution in [3.63, 3.8) is 0 Å². The molecule has 0 aliphatic carbocycles. The molecule has 0 amide bonds. The third-order valence-corrected chi connectivity index (χ3v) is 3.54. The molecule has 2 N–H and O–H groups in total. The molecule has 1 aromatic rings. The molecule has 0 aliphatic heterocycles. The Morgan fingerprint density at radius 1 is 1.29 bits per heavy atom. The molecule has 92 valence electrons. The highest BCUT2D eigenvalue weighted by atomic mass is 32.2. The van der Waals surface area contributed by atoms with Gasteiger partial charge in [0.2, 0.25) is 0 Å². The number of carboxylic acid groups (broad SMARTS) is 2. The summed E-state index contributed by atoms with van der Waals surface area (Å²) in [5.41, 5.74) is 0.153. The van der Waals surface area contributed by atoms with Gasteiger partial charge in [0.05, 0.1) is 5.56 Å². The lowest BCUT2D eigenvalue weighted by molar-refractivity contribution is -0.136. The van der Waals surface area contributed by atoms with Gasteiger partial charge >= 0.3 is 11.9 Å². The van der Waals surface area contributed by atoms with Gasteiger partial charge in [0.15, 0.2) is 0 Å². The molecule has 0 saturated carbocycles. The van der Waals surface area contributed by atoms with E-state index in [-0.39, 0.29) is 5.56 Å². The summed E-state index contributed by atoms with van der Waals surface area (Å²) in [6, 6.07) is 6.46. The molecule has 1 atom stereocenters. The van der Waals surface area contributed by atoms with Crippen LogP contribution >= 0.6 is 11.8 Å². The lowest BCUT2D eigenvalue weighted by Crippen LogP contribution is -2.16. The molecule has 1 unspecified atom stereocenters. The minimum Gasteiger partial charge on any atom is -0.480 e. The first-order valence-corrected chi connectivity index (χ1v) is 6.16. The van der Waals surface area contributed by atoms with E-state index >= 15 is 0 Å². The molecule has 0 aromatic heterocycles. The number of rotatable bonds is 6. The second kappa shape index (κ2) is 6.30. The zero-order valence-corrected chi connectivity index (χ0v) is 10.2. The Hall–Kier alpha value is -1.49. The molecule has 0 bridgehead atoms. The standard InChI is InChI=1S/C12H14O4S/c1-2-5-10(12(15)16)17-9-7-4-3-6-8(9)11(13)14/h3-4,6-7,10H,2,5H2,1H3,(H,13,14)(H,15,16). The Morgan fingerprint density at radius 2 is 1.94 bits per heavy atom. The van der Waals surface area contributed by atoms with Crippen molar-refractivity contribution in [2.75, 3.05) is 0 Å². The smallest absolute Gasteiger partial charge is 0.336 e. The van der Waals surface area contributed by atoms with Gasteiger partial charge in [-0.15, -0.1) is 11.8 Å². The molecule has 0 saturated heterocycles. The van der Waals surface area contributed by atoms with Crippen LogP contribution in [0, 0.1) is 0 Å². The molecule has 5 heteroatoms. The van der Waals surface area contributed by atoms with Gasteiger partial charge in [-0.05, 0) is 18.6 Å². The van der Waals surface area contributed by atoms with E-state index in [0.717, 1.165) is 18.2 Å². The van der Waals surface area contributed by atoms with Crippen molar-refractivity contribution >= 4 is 23.7 Å². The number of hydrogen-bond acceptors (Lipinski definition) is 3. The van der Waals surface area contributed by atoms with E-state index in [9.17, 15) is 9.59 Å². The molecule has 4 nitrogen and oxygen atoms in total. The van der Waals surface area contributed by atoms with Crippen LogP contribution in [0.1, 0.15) is 30.1 Å². The molecule has 0 spiro atoms. The maximum atomic E-state index is 11.0. The highest BCUT2D eigenvalue weighted by Gasteiger charge is 2.20. The van der Waals surface area contributed by atoms with Crippen LogP contribution in [0.3, 0.4) is 0 Å². The number of thioether (sulfide) groups is 1. The number of aromatic carboxylic acids is 1. The van der Waals surface area contributed by atoms with Gasteiger partial charge in [-0.3, -0.25) is 4.79 Å². The van der Waals surface area contributed by atoms with E-state index in [1.807, 2.05) is 6.92 Å². The first-order valence-electron chi connectivity index (χ1n) is 5.28. The SMILES string of the molecule is CCCC(Sc1ccccc1C(=O)O)C(=O)O. The Bertz CT molecular complexity index is 417. The lowest BCUT2D eigenvalue weighted by Gasteiger charge is -2.12. The van der Waals surface area contributed by atoms with Gasteiger partial charge in [-0.25, -0.2) is 4.79 Å². The minimum absolute atomic E-state index is 0.153. The van der Waals surface area contributed by atoms with Crippen molar-refractivity contribution in [2.24, 2.45) is 0 Å². The van der Waals surface area contributed by atoms with Gasteiger partial charge in [0.1, 0.15) is 5.25 Å². The molecular formula is C12H14O4S. The predicted molar refractivity (Wildman–Crippen MR) is 65.6 cm³/mol. The van der Waals surface area contributed by atoms with Gasteiger partial charge in [-0.2, -0.15) is 0 Å². The third kappa shape index (κ3) is 3.78. The summed E-state index contributed by atoms with van der Waals surface area (Å²) in [4.78, 5) is 22.5. The zero-order valence-electron chi connectivity index (χ0n) is 9.42. The van der Waals surface area contributed by atoms with E-state index in [0.29, 0.717) is 11.3 Å². The summed E-state index contributed by atoms with van der Waals surface area (Å²) in [6.45, 7) is 1.90. The van der Waals surface area contributed by atoms with Crippen molar-refractivity contribution in [1.29, 1.82) is 0 Å². The van der Waals surface area contributed by atoms with Crippen LogP contribution in [-0.4, -0.2) is 27.4 Å². The lowest BCUT2D eigenvalue weighted by atomic mass is 10.2. The van der Waals surface area contributed by atoms with Crippen LogP contribution in [0.5, 0.6) is 0 Å². The second-order valence-electron chi connectivity index (χ2n) is 3.53. The average Bonchev–Trinajstić information content (AvgIpc) is 2.28. The van der Waals surface area contributed by atoms with Crippen molar-refractivity contribution < 1.29 is 19.8 Å². The topological polar surface area (TPSA) is 74.6 Å².